The van der Waals surface area contributed by atoms with Crippen molar-refractivity contribution in [3.63, 3.8) is 0 Å². The van der Waals surface area contributed by atoms with Gasteiger partial charge in [0.15, 0.2) is 0 Å². The summed E-state index contributed by atoms with van der Waals surface area (Å²) in [7, 11) is 0. The number of hydrogen-bond acceptors (Lipinski definition) is 3. The predicted octanol–water partition coefficient (Wildman–Crippen LogP) is 3.51. The minimum absolute atomic E-state index is 0.0301. The molecule has 1 aliphatic rings. The van der Waals surface area contributed by atoms with Crippen LogP contribution >= 0.6 is 11.3 Å². The number of nitrogens with one attached hydrogen (secondary N) is 1. The molecule has 0 bridgehead atoms. The van der Waals surface area contributed by atoms with Crippen LogP contribution < -0.4 is 5.32 Å². The van der Waals surface area contributed by atoms with Gasteiger partial charge < -0.3 is 5.32 Å². The van der Waals surface area contributed by atoms with E-state index in [1.54, 1.807) is 17.5 Å². The van der Waals surface area contributed by atoms with Gasteiger partial charge in [-0.25, -0.2) is 0 Å². The van der Waals surface area contributed by atoms with Crippen molar-refractivity contribution in [1.82, 2.24) is 10.3 Å². The van der Waals surface area contributed by atoms with Crippen LogP contribution in [0.5, 0.6) is 0 Å². The van der Waals surface area contributed by atoms with Gasteiger partial charge >= 0.3 is 0 Å². The number of rotatable bonds is 3. The maximum absolute atomic E-state index is 12.4. The minimum Gasteiger partial charge on any atom is -0.344 e. The van der Waals surface area contributed by atoms with Gasteiger partial charge in [-0.2, -0.15) is 0 Å². The fraction of sp³-hybridized carbons (Fsp3) is 0.375. The predicted molar refractivity (Wildman–Crippen MR) is 81.1 cm³/mol. The normalized spacial score (nSPS) is 15.4. The summed E-state index contributed by atoms with van der Waals surface area (Å²) in [5.41, 5.74) is 3.03. The minimum atomic E-state index is -0.0668. The summed E-state index contributed by atoms with van der Waals surface area (Å²) in [6.45, 7) is 1.97. The van der Waals surface area contributed by atoms with Crippen LogP contribution in [-0.2, 0) is 12.8 Å². The summed E-state index contributed by atoms with van der Waals surface area (Å²) in [5.74, 6) is 0.0301. The fourth-order valence-corrected chi connectivity index (χ4v) is 3.79. The van der Waals surface area contributed by atoms with E-state index in [0.29, 0.717) is 0 Å². The van der Waals surface area contributed by atoms with Crippen molar-refractivity contribution >= 4 is 17.2 Å². The van der Waals surface area contributed by atoms with E-state index in [0.717, 1.165) is 24.1 Å². The molecule has 3 rings (SSSR count). The lowest BCUT2D eigenvalue weighted by Crippen LogP contribution is -2.27. The third-order valence-corrected chi connectivity index (χ3v) is 4.87. The average Bonchev–Trinajstić information content (AvgIpc) is 2.92. The summed E-state index contributed by atoms with van der Waals surface area (Å²) < 4.78 is 0. The highest BCUT2D eigenvalue weighted by atomic mass is 32.1. The lowest BCUT2D eigenvalue weighted by molar-refractivity contribution is 0.0938. The third kappa shape index (κ3) is 2.61. The molecule has 1 aliphatic carbocycles. The molecule has 2 heterocycles. The van der Waals surface area contributed by atoms with E-state index in [1.807, 2.05) is 30.5 Å². The van der Waals surface area contributed by atoms with E-state index in [4.69, 9.17) is 0 Å². The van der Waals surface area contributed by atoms with E-state index >= 15 is 0 Å². The summed E-state index contributed by atoms with van der Waals surface area (Å²) in [4.78, 5) is 18.1. The monoisotopic (exact) mass is 286 g/mol. The van der Waals surface area contributed by atoms with Gasteiger partial charge in [-0.05, 0) is 50.3 Å². The first kappa shape index (κ1) is 13.3. The molecule has 0 aliphatic heterocycles. The van der Waals surface area contributed by atoms with Crippen LogP contribution in [-0.4, -0.2) is 10.9 Å². The second-order valence-electron chi connectivity index (χ2n) is 5.21. The molecule has 0 aromatic carbocycles. The van der Waals surface area contributed by atoms with E-state index in [9.17, 15) is 4.79 Å². The lowest BCUT2D eigenvalue weighted by Gasteiger charge is -2.15. The van der Waals surface area contributed by atoms with E-state index < -0.39 is 0 Å². The van der Waals surface area contributed by atoms with Crippen molar-refractivity contribution in [1.29, 1.82) is 0 Å². The Labute approximate surface area is 123 Å². The molecule has 0 unspecified atom stereocenters. The first-order valence-corrected chi connectivity index (χ1v) is 7.94. The van der Waals surface area contributed by atoms with Crippen LogP contribution in [0.1, 0.15) is 52.3 Å². The van der Waals surface area contributed by atoms with Crippen LogP contribution in [0.15, 0.2) is 29.8 Å². The Balaban J connectivity index is 1.75. The van der Waals surface area contributed by atoms with Crippen molar-refractivity contribution in [2.45, 2.75) is 38.6 Å². The van der Waals surface area contributed by atoms with Crippen molar-refractivity contribution < 1.29 is 4.79 Å². The molecule has 2 aromatic rings. The molecule has 104 valence electrons. The van der Waals surface area contributed by atoms with Gasteiger partial charge in [0.05, 0.1) is 17.3 Å². The van der Waals surface area contributed by atoms with Crippen LogP contribution in [0, 0.1) is 0 Å². The van der Waals surface area contributed by atoms with Gasteiger partial charge in [0, 0.05) is 16.5 Å². The number of amides is 1. The molecule has 3 nitrogen and oxygen atoms in total. The van der Waals surface area contributed by atoms with Gasteiger partial charge in [0.1, 0.15) is 0 Å². The zero-order valence-electron chi connectivity index (χ0n) is 11.6. The van der Waals surface area contributed by atoms with E-state index in [1.165, 1.54) is 23.3 Å². The van der Waals surface area contributed by atoms with Crippen molar-refractivity contribution in [2.24, 2.45) is 0 Å². The first-order valence-electron chi connectivity index (χ1n) is 7.06. The number of aromatic nitrogens is 1. The molecule has 0 saturated heterocycles. The number of pyridine rings is 1. The van der Waals surface area contributed by atoms with E-state index in [2.05, 4.69) is 10.3 Å². The topological polar surface area (TPSA) is 42.0 Å². The maximum Gasteiger partial charge on any atom is 0.252 e. The molecular formula is C16H18N2OS. The summed E-state index contributed by atoms with van der Waals surface area (Å²) >= 11 is 1.73. The molecule has 1 atom stereocenters. The zero-order valence-corrected chi connectivity index (χ0v) is 12.4. The molecule has 4 heteroatoms. The van der Waals surface area contributed by atoms with E-state index in [-0.39, 0.29) is 11.9 Å². The van der Waals surface area contributed by atoms with Crippen LogP contribution in [0.2, 0.25) is 0 Å². The highest BCUT2D eigenvalue weighted by molar-refractivity contribution is 7.10. The summed E-state index contributed by atoms with van der Waals surface area (Å²) in [6, 6.07) is 5.70. The van der Waals surface area contributed by atoms with Gasteiger partial charge in [0.25, 0.3) is 5.91 Å². The lowest BCUT2D eigenvalue weighted by atomic mass is 9.95. The number of fused-ring (bicyclic) bond motifs is 1. The van der Waals surface area contributed by atoms with Crippen LogP contribution in [0.4, 0.5) is 0 Å². The van der Waals surface area contributed by atoms with Crippen molar-refractivity contribution in [2.75, 3.05) is 0 Å². The Morgan fingerprint density at radius 1 is 1.35 bits per heavy atom. The van der Waals surface area contributed by atoms with Gasteiger partial charge in [0.2, 0.25) is 0 Å². The summed E-state index contributed by atoms with van der Waals surface area (Å²) in [6.07, 6.45) is 6.37. The molecule has 1 N–H and O–H groups in total. The molecular weight excluding hydrogens is 268 g/mol. The Morgan fingerprint density at radius 3 is 3.00 bits per heavy atom. The van der Waals surface area contributed by atoms with Crippen LogP contribution in [0.25, 0.3) is 0 Å². The Hall–Kier alpha value is -1.68. The summed E-state index contributed by atoms with van der Waals surface area (Å²) in [5, 5.41) is 5.06. The molecule has 1 amide bonds. The third-order valence-electron chi connectivity index (χ3n) is 3.79. The standard InChI is InChI=1S/C16H18N2OS/c1-11(14-7-4-5-9-17-14)18-16(19)13-10-20-15-8-3-2-6-12(13)15/h4-5,7,9-11H,2-3,6,8H2,1H3,(H,18,19)/t11-/m1/s1. The smallest absolute Gasteiger partial charge is 0.252 e. The second kappa shape index (κ2) is 5.75. The Morgan fingerprint density at radius 2 is 2.20 bits per heavy atom. The molecule has 0 radical (unpaired) electrons. The first-order chi connectivity index (χ1) is 9.75. The number of hydrogen-bond donors (Lipinski definition) is 1. The fourth-order valence-electron chi connectivity index (χ4n) is 2.66. The molecule has 0 spiro atoms. The van der Waals surface area contributed by atoms with Gasteiger partial charge in [-0.1, -0.05) is 6.07 Å². The highest BCUT2D eigenvalue weighted by Gasteiger charge is 2.21. The van der Waals surface area contributed by atoms with Gasteiger partial charge in [-0.3, -0.25) is 9.78 Å². The molecule has 2 aromatic heterocycles. The Bertz CT molecular complexity index is 606. The number of thiophene rings is 1. The van der Waals surface area contributed by atoms with Crippen molar-refractivity contribution in [3.05, 3.63) is 51.5 Å². The number of carbonyl (C=O) groups is 1. The highest BCUT2D eigenvalue weighted by Crippen LogP contribution is 2.30. The van der Waals surface area contributed by atoms with Gasteiger partial charge in [-0.15, -0.1) is 11.3 Å². The zero-order chi connectivity index (χ0) is 13.9. The SMILES string of the molecule is C[C@@H](NC(=O)c1csc2c1CCCC2)c1ccccn1. The Kier molecular flexibility index (Phi) is 3.83. The molecule has 0 fully saturated rings. The number of carbonyl (C=O) groups excluding carboxylic acids is 1. The number of aryl methyl sites for hydroxylation is 1. The quantitative estimate of drug-likeness (QED) is 0.938. The molecule has 0 saturated carbocycles. The second-order valence-corrected chi connectivity index (χ2v) is 6.17. The van der Waals surface area contributed by atoms with Crippen LogP contribution in [0.3, 0.4) is 0 Å². The largest absolute Gasteiger partial charge is 0.344 e. The number of nitrogens with zero attached hydrogens (tertiary/aromatic N) is 1. The average molecular weight is 286 g/mol. The maximum atomic E-state index is 12.4. The molecule has 20 heavy (non-hydrogen) atoms. The van der Waals surface area contributed by atoms with Crippen molar-refractivity contribution in [3.8, 4) is 0 Å².